The number of rotatable bonds is 2. The maximum absolute atomic E-state index is 5.87. The summed E-state index contributed by atoms with van der Waals surface area (Å²) in [6.07, 6.45) is 1.84. The highest BCUT2D eigenvalue weighted by Crippen LogP contribution is 2.30. The van der Waals surface area contributed by atoms with E-state index in [1.165, 1.54) is 10.4 Å². The molecule has 0 radical (unpaired) electrons. The van der Waals surface area contributed by atoms with Gasteiger partial charge in [-0.3, -0.25) is 0 Å². The largest absolute Gasteiger partial charge is 0.123 e. The van der Waals surface area contributed by atoms with Crippen LogP contribution >= 0.6 is 22.9 Å². The minimum atomic E-state index is 0.827. The van der Waals surface area contributed by atoms with E-state index in [0.717, 1.165) is 9.90 Å². The van der Waals surface area contributed by atoms with Crippen molar-refractivity contribution in [2.75, 3.05) is 0 Å². The van der Waals surface area contributed by atoms with Crippen molar-refractivity contribution in [3.8, 4) is 10.4 Å². The van der Waals surface area contributed by atoms with Crippen molar-refractivity contribution >= 4 is 29.0 Å². The van der Waals surface area contributed by atoms with E-state index in [1.54, 1.807) is 11.3 Å². The van der Waals surface area contributed by atoms with Crippen molar-refractivity contribution in [1.82, 2.24) is 0 Å². The van der Waals surface area contributed by atoms with Crippen LogP contribution in [0.2, 0.25) is 4.34 Å². The van der Waals surface area contributed by atoms with Crippen molar-refractivity contribution in [1.29, 1.82) is 0 Å². The van der Waals surface area contributed by atoms with Crippen LogP contribution in [-0.2, 0) is 0 Å². The van der Waals surface area contributed by atoms with Gasteiger partial charge in [-0.25, -0.2) is 0 Å². The van der Waals surface area contributed by atoms with Crippen LogP contribution in [0.1, 0.15) is 5.56 Å². The van der Waals surface area contributed by atoms with Gasteiger partial charge in [-0.1, -0.05) is 48.5 Å². The first-order valence-corrected chi connectivity index (χ1v) is 5.47. The zero-order valence-corrected chi connectivity index (χ0v) is 9.11. The van der Waals surface area contributed by atoms with Gasteiger partial charge in [0, 0.05) is 4.88 Å². The molecule has 0 amide bonds. The van der Waals surface area contributed by atoms with Crippen LogP contribution < -0.4 is 0 Å². The first-order valence-electron chi connectivity index (χ1n) is 4.28. The van der Waals surface area contributed by atoms with Gasteiger partial charge in [0.05, 0.1) is 4.34 Å². The van der Waals surface area contributed by atoms with Gasteiger partial charge in [-0.2, -0.15) is 0 Å². The lowest BCUT2D eigenvalue weighted by Gasteiger charge is -1.97. The van der Waals surface area contributed by atoms with Crippen LogP contribution in [0.15, 0.2) is 43.0 Å². The van der Waals surface area contributed by atoms with E-state index < -0.39 is 0 Å². The van der Waals surface area contributed by atoms with E-state index in [1.807, 2.05) is 18.2 Å². The highest BCUT2D eigenvalue weighted by molar-refractivity contribution is 7.19. The summed E-state index contributed by atoms with van der Waals surface area (Å²) >= 11 is 7.47. The third kappa shape index (κ3) is 1.89. The normalized spacial score (nSPS) is 10.1. The Morgan fingerprint density at radius 3 is 2.29 bits per heavy atom. The molecule has 14 heavy (non-hydrogen) atoms. The summed E-state index contributed by atoms with van der Waals surface area (Å²) in [6.45, 7) is 3.72. The minimum Gasteiger partial charge on any atom is -0.123 e. The molecule has 0 nitrogen and oxygen atoms in total. The van der Waals surface area contributed by atoms with E-state index in [4.69, 9.17) is 11.6 Å². The SMILES string of the molecule is C=Cc1ccc(-c2ccc(Cl)s2)cc1. The van der Waals surface area contributed by atoms with Gasteiger partial charge < -0.3 is 0 Å². The standard InChI is InChI=1S/C12H9ClS/c1-2-9-3-5-10(6-4-9)11-7-8-12(13)14-11/h2-8H,1H2. The van der Waals surface area contributed by atoms with Crippen molar-refractivity contribution in [2.45, 2.75) is 0 Å². The molecule has 0 spiro atoms. The van der Waals surface area contributed by atoms with Crippen LogP contribution in [0.4, 0.5) is 0 Å². The molecule has 0 saturated carbocycles. The Balaban J connectivity index is 2.38. The molecule has 0 aliphatic rings. The predicted molar refractivity (Wildman–Crippen MR) is 64.9 cm³/mol. The van der Waals surface area contributed by atoms with E-state index >= 15 is 0 Å². The van der Waals surface area contributed by atoms with Gasteiger partial charge >= 0.3 is 0 Å². The minimum absolute atomic E-state index is 0.827. The van der Waals surface area contributed by atoms with Crippen LogP contribution in [0, 0.1) is 0 Å². The van der Waals surface area contributed by atoms with E-state index in [0.29, 0.717) is 0 Å². The molecule has 0 bridgehead atoms. The molecule has 0 saturated heterocycles. The van der Waals surface area contributed by atoms with Gasteiger partial charge in [0.25, 0.3) is 0 Å². The van der Waals surface area contributed by atoms with E-state index in [-0.39, 0.29) is 0 Å². The second-order valence-electron chi connectivity index (χ2n) is 2.93. The number of hydrogen-bond acceptors (Lipinski definition) is 1. The Bertz CT molecular complexity index is 440. The maximum Gasteiger partial charge on any atom is 0.0934 e. The summed E-state index contributed by atoms with van der Waals surface area (Å²) in [7, 11) is 0. The zero-order chi connectivity index (χ0) is 9.97. The Morgan fingerprint density at radius 1 is 1.07 bits per heavy atom. The first kappa shape index (κ1) is 9.50. The Labute approximate surface area is 92.5 Å². The summed E-state index contributed by atoms with van der Waals surface area (Å²) in [5.41, 5.74) is 2.34. The molecule has 0 fully saturated rings. The molecule has 0 N–H and O–H groups in total. The number of hydrogen-bond donors (Lipinski definition) is 0. The number of benzene rings is 1. The lowest BCUT2D eigenvalue weighted by atomic mass is 10.1. The molecule has 2 heteroatoms. The zero-order valence-electron chi connectivity index (χ0n) is 7.53. The quantitative estimate of drug-likeness (QED) is 0.688. The van der Waals surface area contributed by atoms with Gasteiger partial charge in [0.15, 0.2) is 0 Å². The fraction of sp³-hybridized carbons (Fsp3) is 0. The fourth-order valence-electron chi connectivity index (χ4n) is 1.25. The average Bonchev–Trinajstić information content (AvgIpc) is 2.65. The molecule has 1 heterocycles. The van der Waals surface area contributed by atoms with Gasteiger partial charge in [-0.15, -0.1) is 11.3 Å². The Morgan fingerprint density at radius 2 is 1.79 bits per heavy atom. The number of halogens is 1. The molecule has 0 aliphatic heterocycles. The predicted octanol–water partition coefficient (Wildman–Crippen LogP) is 4.71. The molecular weight excluding hydrogens is 212 g/mol. The lowest BCUT2D eigenvalue weighted by Crippen LogP contribution is -1.73. The summed E-state index contributed by atoms with van der Waals surface area (Å²) in [5.74, 6) is 0. The molecule has 1 aromatic carbocycles. The fourth-order valence-corrected chi connectivity index (χ4v) is 2.30. The third-order valence-corrected chi connectivity index (χ3v) is 3.28. The molecule has 0 atom stereocenters. The molecule has 1 aromatic heterocycles. The van der Waals surface area contributed by atoms with Crippen molar-refractivity contribution in [3.05, 3.63) is 52.9 Å². The lowest BCUT2D eigenvalue weighted by molar-refractivity contribution is 1.66. The van der Waals surface area contributed by atoms with E-state index in [9.17, 15) is 0 Å². The van der Waals surface area contributed by atoms with Crippen molar-refractivity contribution in [2.24, 2.45) is 0 Å². The van der Waals surface area contributed by atoms with Crippen molar-refractivity contribution in [3.63, 3.8) is 0 Å². The number of thiophene rings is 1. The molecule has 2 aromatic rings. The molecule has 0 aliphatic carbocycles. The third-order valence-electron chi connectivity index (χ3n) is 2.00. The topological polar surface area (TPSA) is 0 Å². The smallest absolute Gasteiger partial charge is 0.0934 e. The molecule has 70 valence electrons. The summed E-state index contributed by atoms with van der Waals surface area (Å²) in [5, 5.41) is 0. The van der Waals surface area contributed by atoms with E-state index in [2.05, 4.69) is 30.8 Å². The van der Waals surface area contributed by atoms with Crippen molar-refractivity contribution < 1.29 is 0 Å². The van der Waals surface area contributed by atoms with Crippen LogP contribution in [0.3, 0.4) is 0 Å². The Hall–Kier alpha value is -1.05. The Kier molecular flexibility index (Phi) is 2.71. The second kappa shape index (κ2) is 3.99. The summed E-state index contributed by atoms with van der Waals surface area (Å²) < 4.78 is 0.827. The van der Waals surface area contributed by atoms with Gasteiger partial charge in [-0.05, 0) is 23.3 Å². The van der Waals surface area contributed by atoms with Gasteiger partial charge in [0.1, 0.15) is 0 Å². The first-order chi connectivity index (χ1) is 6.79. The molecule has 0 unspecified atom stereocenters. The monoisotopic (exact) mass is 220 g/mol. The van der Waals surface area contributed by atoms with Crippen LogP contribution in [0.25, 0.3) is 16.5 Å². The van der Waals surface area contributed by atoms with Crippen LogP contribution in [0.5, 0.6) is 0 Å². The molecular formula is C12H9ClS. The average molecular weight is 221 g/mol. The summed E-state index contributed by atoms with van der Waals surface area (Å²) in [6, 6.07) is 12.2. The summed E-state index contributed by atoms with van der Waals surface area (Å²) in [4.78, 5) is 1.20. The highest BCUT2D eigenvalue weighted by Gasteiger charge is 2.00. The highest BCUT2D eigenvalue weighted by atomic mass is 35.5. The maximum atomic E-state index is 5.87. The van der Waals surface area contributed by atoms with Crippen LogP contribution in [-0.4, -0.2) is 0 Å². The second-order valence-corrected chi connectivity index (χ2v) is 4.64. The molecule has 2 rings (SSSR count). The van der Waals surface area contributed by atoms with Gasteiger partial charge in [0.2, 0.25) is 0 Å².